The maximum atomic E-state index is 11.4. The summed E-state index contributed by atoms with van der Waals surface area (Å²) in [5.41, 5.74) is 2.44. The van der Waals surface area contributed by atoms with Gasteiger partial charge in [0.25, 0.3) is 0 Å². The molecule has 3 aliphatic rings. The maximum absolute atomic E-state index is 11.4. The summed E-state index contributed by atoms with van der Waals surface area (Å²) in [7, 11) is 0. The Kier molecular flexibility index (Phi) is 2.49. The summed E-state index contributed by atoms with van der Waals surface area (Å²) >= 11 is 0. The predicted octanol–water partition coefficient (Wildman–Crippen LogP) is 2.80. The summed E-state index contributed by atoms with van der Waals surface area (Å²) in [4.78, 5) is 11.4. The lowest BCUT2D eigenvalue weighted by Gasteiger charge is -2.49. The first-order valence-corrected chi connectivity index (χ1v) is 7.78. The zero-order valence-corrected chi connectivity index (χ0v) is 13.1. The summed E-state index contributed by atoms with van der Waals surface area (Å²) in [6.07, 6.45) is 4.62. The lowest BCUT2D eigenvalue weighted by Crippen LogP contribution is -2.56. The smallest absolute Gasteiger partial charge is 0.302 e. The van der Waals surface area contributed by atoms with E-state index in [1.54, 1.807) is 0 Å². The van der Waals surface area contributed by atoms with Gasteiger partial charge < -0.3 is 13.9 Å². The molecule has 0 amide bonds. The van der Waals surface area contributed by atoms with Crippen LogP contribution in [-0.4, -0.2) is 23.8 Å². The Balaban J connectivity index is 1.73. The summed E-state index contributed by atoms with van der Waals surface area (Å²) < 4.78 is 17.5. The Bertz CT molecular complexity index is 618. The lowest BCUT2D eigenvalue weighted by molar-refractivity contribution is -0.155. The second kappa shape index (κ2) is 3.92. The van der Waals surface area contributed by atoms with Crippen LogP contribution in [0.5, 0.6) is 0 Å². The van der Waals surface area contributed by atoms with E-state index in [9.17, 15) is 4.79 Å². The summed E-state index contributed by atoms with van der Waals surface area (Å²) in [6.45, 7) is 8.09. The molecule has 114 valence electrons. The number of aryl methyl sites for hydroxylation is 1. The van der Waals surface area contributed by atoms with Gasteiger partial charge in [0, 0.05) is 31.1 Å². The van der Waals surface area contributed by atoms with Crippen molar-refractivity contribution >= 4 is 5.97 Å². The van der Waals surface area contributed by atoms with E-state index in [0.29, 0.717) is 0 Å². The minimum Gasteiger partial charge on any atom is -0.469 e. The van der Waals surface area contributed by atoms with E-state index in [2.05, 4.69) is 20.8 Å². The van der Waals surface area contributed by atoms with Crippen molar-refractivity contribution in [3.05, 3.63) is 23.2 Å². The normalized spacial score (nSPS) is 43.5. The lowest BCUT2D eigenvalue weighted by atomic mass is 9.54. The SMILES string of the molecule is CC(=O)O[C@H]1C[C@H]2O[C@]23Cc2occ(C)c2C[C@]3(C)[C@H]1C. The average Bonchev–Trinajstić information content (AvgIpc) is 3.00. The van der Waals surface area contributed by atoms with Crippen molar-refractivity contribution in [3.63, 3.8) is 0 Å². The van der Waals surface area contributed by atoms with Crippen molar-refractivity contribution in [2.24, 2.45) is 11.3 Å². The monoisotopic (exact) mass is 290 g/mol. The van der Waals surface area contributed by atoms with Crippen LogP contribution in [0.3, 0.4) is 0 Å². The number of carbonyl (C=O) groups is 1. The van der Waals surface area contributed by atoms with Gasteiger partial charge in [-0.1, -0.05) is 13.8 Å². The van der Waals surface area contributed by atoms with Crippen LogP contribution in [0.15, 0.2) is 10.7 Å². The molecule has 1 spiro atoms. The zero-order valence-electron chi connectivity index (χ0n) is 13.1. The maximum Gasteiger partial charge on any atom is 0.302 e. The Morgan fingerprint density at radius 2 is 2.19 bits per heavy atom. The fraction of sp³-hybridized carbons (Fsp3) is 0.706. The number of ether oxygens (including phenoxy) is 2. The van der Waals surface area contributed by atoms with Crippen molar-refractivity contribution in [1.82, 2.24) is 0 Å². The van der Waals surface area contributed by atoms with Crippen molar-refractivity contribution < 1.29 is 18.7 Å². The fourth-order valence-corrected chi connectivity index (χ4v) is 4.72. The fourth-order valence-electron chi connectivity index (χ4n) is 4.72. The van der Waals surface area contributed by atoms with Gasteiger partial charge in [-0.2, -0.15) is 0 Å². The van der Waals surface area contributed by atoms with Gasteiger partial charge in [-0.25, -0.2) is 0 Å². The first-order valence-electron chi connectivity index (χ1n) is 7.78. The number of hydrogen-bond acceptors (Lipinski definition) is 4. The molecule has 4 rings (SSSR count). The van der Waals surface area contributed by atoms with Crippen LogP contribution in [0.1, 0.15) is 44.1 Å². The second-order valence-electron chi connectivity index (χ2n) is 7.26. The number of rotatable bonds is 1. The van der Waals surface area contributed by atoms with E-state index < -0.39 is 0 Å². The summed E-state index contributed by atoms with van der Waals surface area (Å²) in [5, 5.41) is 0. The van der Waals surface area contributed by atoms with E-state index in [1.807, 2.05) is 6.26 Å². The van der Waals surface area contributed by atoms with Gasteiger partial charge in [0.2, 0.25) is 0 Å². The first-order chi connectivity index (χ1) is 9.87. The largest absolute Gasteiger partial charge is 0.469 e. The van der Waals surface area contributed by atoms with Crippen LogP contribution in [0, 0.1) is 18.3 Å². The van der Waals surface area contributed by atoms with Crippen LogP contribution in [0.2, 0.25) is 0 Å². The van der Waals surface area contributed by atoms with Crippen LogP contribution in [0.4, 0.5) is 0 Å². The quantitative estimate of drug-likeness (QED) is 0.589. The molecule has 21 heavy (non-hydrogen) atoms. The van der Waals surface area contributed by atoms with Crippen molar-refractivity contribution in [3.8, 4) is 0 Å². The Morgan fingerprint density at radius 3 is 2.90 bits per heavy atom. The molecule has 5 atom stereocenters. The van der Waals surface area contributed by atoms with Crippen molar-refractivity contribution in [2.45, 2.75) is 64.8 Å². The van der Waals surface area contributed by atoms with E-state index >= 15 is 0 Å². The van der Waals surface area contributed by atoms with Gasteiger partial charge in [0.1, 0.15) is 17.5 Å². The van der Waals surface area contributed by atoms with Crippen molar-refractivity contribution in [2.75, 3.05) is 0 Å². The van der Waals surface area contributed by atoms with E-state index in [1.165, 1.54) is 18.1 Å². The zero-order chi connectivity index (χ0) is 15.0. The number of esters is 1. The molecule has 1 saturated carbocycles. The predicted molar refractivity (Wildman–Crippen MR) is 75.9 cm³/mol. The highest BCUT2D eigenvalue weighted by Crippen LogP contribution is 2.65. The number of hydrogen-bond donors (Lipinski definition) is 0. The molecule has 2 aliphatic carbocycles. The van der Waals surface area contributed by atoms with Crippen LogP contribution in [-0.2, 0) is 27.1 Å². The molecule has 0 aromatic carbocycles. The van der Waals surface area contributed by atoms with Gasteiger partial charge in [-0.15, -0.1) is 0 Å². The molecule has 1 aliphatic heterocycles. The third kappa shape index (κ3) is 1.57. The van der Waals surface area contributed by atoms with Gasteiger partial charge in [0.15, 0.2) is 0 Å². The second-order valence-corrected chi connectivity index (χ2v) is 7.26. The minimum atomic E-state index is -0.195. The van der Waals surface area contributed by atoms with E-state index in [-0.39, 0.29) is 35.1 Å². The third-order valence-corrected chi connectivity index (χ3v) is 6.27. The Hall–Kier alpha value is -1.29. The van der Waals surface area contributed by atoms with Gasteiger partial charge in [0.05, 0.1) is 12.4 Å². The molecular formula is C17H22O4. The van der Waals surface area contributed by atoms with Gasteiger partial charge in [-0.05, 0) is 24.5 Å². The van der Waals surface area contributed by atoms with E-state index in [4.69, 9.17) is 13.9 Å². The molecule has 0 bridgehead atoms. The number of carbonyl (C=O) groups excluding carboxylic acids is 1. The first kappa shape index (κ1) is 13.4. The molecule has 4 heteroatoms. The molecule has 2 heterocycles. The standard InChI is InChI=1S/C17H22O4/c1-9-8-19-14-7-17-15(21-17)5-13(20-11(3)18)10(2)16(17,4)6-12(9)14/h8,10,13,15H,5-7H2,1-4H3/t10-,13-,15+,16+,17+/m0/s1. The molecule has 0 radical (unpaired) electrons. The third-order valence-electron chi connectivity index (χ3n) is 6.27. The molecule has 1 saturated heterocycles. The number of furan rings is 1. The number of fused-ring (bicyclic) bond motifs is 1. The van der Waals surface area contributed by atoms with Crippen molar-refractivity contribution in [1.29, 1.82) is 0 Å². The topological polar surface area (TPSA) is 52.0 Å². The average molecular weight is 290 g/mol. The molecule has 0 unspecified atom stereocenters. The highest BCUT2D eigenvalue weighted by Gasteiger charge is 2.74. The molecule has 4 nitrogen and oxygen atoms in total. The Labute approximate surface area is 124 Å². The highest BCUT2D eigenvalue weighted by atomic mass is 16.6. The highest BCUT2D eigenvalue weighted by molar-refractivity contribution is 5.66. The Morgan fingerprint density at radius 1 is 1.43 bits per heavy atom. The molecule has 1 aromatic rings. The van der Waals surface area contributed by atoms with Crippen LogP contribution in [0.25, 0.3) is 0 Å². The van der Waals surface area contributed by atoms with E-state index in [0.717, 1.165) is 25.0 Å². The molecule has 2 fully saturated rings. The summed E-state index contributed by atoms with van der Waals surface area (Å²) in [6, 6.07) is 0. The van der Waals surface area contributed by atoms with Gasteiger partial charge in [-0.3, -0.25) is 4.79 Å². The molecule has 1 aromatic heterocycles. The molecule has 0 N–H and O–H groups in total. The minimum absolute atomic E-state index is 0.00231. The van der Waals surface area contributed by atoms with Crippen LogP contribution >= 0.6 is 0 Å². The molecular weight excluding hydrogens is 268 g/mol. The van der Waals surface area contributed by atoms with Crippen LogP contribution < -0.4 is 0 Å². The number of epoxide rings is 1. The summed E-state index contributed by atoms with van der Waals surface area (Å²) in [5.74, 6) is 1.17. The van der Waals surface area contributed by atoms with Gasteiger partial charge >= 0.3 is 5.97 Å².